The van der Waals surface area contributed by atoms with Crippen LogP contribution >= 0.6 is 11.8 Å². The van der Waals surface area contributed by atoms with Crippen LogP contribution in [-0.2, 0) is 47.9 Å². The van der Waals surface area contributed by atoms with Crippen LogP contribution < -0.4 is 147 Å². The first-order valence-corrected chi connectivity index (χ1v) is 37.2. The Morgan fingerprint density at radius 2 is 0.628 bits per heavy atom. The van der Waals surface area contributed by atoms with Crippen molar-refractivity contribution in [3.05, 3.63) is 46.9 Å². The molecule has 1 fully saturated rings. The second-order valence-corrected chi connectivity index (χ2v) is 26.8. The lowest BCUT2D eigenvalue weighted by Gasteiger charge is -2.28. The SMILES string of the molecule is N=C(N)NCCC[C@H](NC(=O)[C@H](CCCNC(=N)N)NC(=O)[C@H](CCCNC(=N)N)NC(=O)[C@H](CCCNC(=N)N)NC(=O)[C@H](CCCNC(=N)N)NC(=O)[C@H](CCCNC(=N)N)NC(=O)[C@H](CCCNC(=N)N)NC(=O)[C@H](CCCNC(=N)N)NC(=O)CCCOc1ccc(C=C2SC(=O)NC2=O)c2ccccc12)C(N)=O. The van der Waals surface area contributed by atoms with Crippen LogP contribution in [0.2, 0.25) is 0 Å². The highest BCUT2D eigenvalue weighted by molar-refractivity contribution is 8.18. The van der Waals surface area contributed by atoms with Gasteiger partial charge in [-0.25, -0.2) is 0 Å². The molecule has 1 heterocycles. The van der Waals surface area contributed by atoms with Crippen molar-refractivity contribution in [3.8, 4) is 5.75 Å². The molecule has 0 radical (unpaired) electrons. The zero-order valence-corrected chi connectivity index (χ0v) is 63.6. The van der Waals surface area contributed by atoms with E-state index >= 15 is 0 Å². The van der Waals surface area contributed by atoms with Gasteiger partial charge in [-0.05, 0) is 144 Å². The van der Waals surface area contributed by atoms with Gasteiger partial charge in [-0.3, -0.25) is 101 Å². The standard InChI is InChI=1S/C66H112N34O12S/c67-49(102)38(14-3-25-84-58(68)69)93-51(104)40(16-5-27-86-60(72)73)95-53(106)42(18-7-29-88-62(76)77)97-55(108)44(20-9-31-90-64(80)81)99-56(109)45(21-10-32-91-65(82)83)98-54(107)43(19-8-30-89-63(78)79)96-52(105)41(17-6-28-87-61(74)75)94-50(103)39(15-4-26-85-59(70)71)92-48(101)22-11-33-112-46-24-23-35(36-12-1-2-13-37(36)46)34-47-57(110)100-66(111)113-47/h1-2,12-13,23-24,34,38-45H,3-11,14-22,25-33H2,(H2,67,102)(H,92,101)(H,93,104)(H,94,103)(H,95,106)(H,96,105)(H,97,108)(H,98,107)(H,99,109)(H4,68,69,84)(H4,70,71,85)(H4,72,73,86)(H4,74,75,87)(H4,76,77,88)(H4,78,79,89)(H4,80,81,90)(H4,82,83,91)(H,100,110,111)/t38-,39-,40-,41-,42-,43-,44-,45-/m0/s1. The number of hydrogen-bond donors (Lipinski definition) is 34. The molecular formula is C66H112N34O12S. The molecule has 46 nitrogen and oxygen atoms in total. The Morgan fingerprint density at radius 1 is 0.363 bits per heavy atom. The number of rotatable bonds is 54. The van der Waals surface area contributed by atoms with Gasteiger partial charge in [0.2, 0.25) is 53.2 Å². The highest BCUT2D eigenvalue weighted by atomic mass is 32.2. The van der Waals surface area contributed by atoms with Crippen molar-refractivity contribution in [2.45, 2.75) is 164 Å². The van der Waals surface area contributed by atoms with Gasteiger partial charge in [0, 0.05) is 64.2 Å². The first-order chi connectivity index (χ1) is 53.6. The Hall–Kier alpha value is -12.9. The third-order valence-corrected chi connectivity index (χ3v) is 17.5. The number of thioether (sulfide) groups is 1. The van der Waals surface area contributed by atoms with Crippen LogP contribution in [0.25, 0.3) is 16.8 Å². The maximum absolute atomic E-state index is 14.9. The number of fused-ring (bicyclic) bond motifs is 1. The first-order valence-electron chi connectivity index (χ1n) is 36.4. The molecule has 2 aromatic rings. The van der Waals surface area contributed by atoms with Gasteiger partial charge in [0.25, 0.3) is 11.1 Å². The van der Waals surface area contributed by atoms with Crippen molar-refractivity contribution in [2.75, 3.05) is 59.0 Å². The number of carbonyl (C=O) groups excluding carboxylic acids is 11. The molecule has 1 aliphatic rings. The van der Waals surface area contributed by atoms with Gasteiger partial charge in [-0.2, -0.15) is 0 Å². The molecule has 2 aromatic carbocycles. The van der Waals surface area contributed by atoms with Crippen molar-refractivity contribution in [2.24, 2.45) is 51.6 Å². The van der Waals surface area contributed by atoms with Crippen LogP contribution in [0, 0.1) is 43.3 Å². The van der Waals surface area contributed by atoms with Gasteiger partial charge >= 0.3 is 0 Å². The molecule has 3 rings (SSSR count). The smallest absolute Gasteiger partial charge is 0.290 e. The average molecular weight is 1610 g/mol. The van der Waals surface area contributed by atoms with Crippen LogP contribution in [0.4, 0.5) is 4.79 Å². The maximum Gasteiger partial charge on any atom is 0.290 e. The molecule has 0 saturated carbocycles. The lowest BCUT2D eigenvalue weighted by Crippen LogP contribution is -2.60. The van der Waals surface area contributed by atoms with E-state index in [9.17, 15) is 52.7 Å². The van der Waals surface area contributed by atoms with E-state index in [0.717, 1.165) is 17.1 Å². The molecule has 1 saturated heterocycles. The summed E-state index contributed by atoms with van der Waals surface area (Å²) in [6.07, 6.45) is 1.01. The second kappa shape index (κ2) is 51.5. The lowest BCUT2D eigenvalue weighted by atomic mass is 10.0. The summed E-state index contributed by atoms with van der Waals surface area (Å²) in [5, 5.41) is 106. The van der Waals surface area contributed by atoms with Crippen LogP contribution in [0.5, 0.6) is 5.75 Å². The number of carbonyl (C=O) groups is 11. The molecule has 47 heteroatoms. The Labute approximate surface area is 656 Å². The topological polar surface area (TPSA) is 826 Å². The number of imide groups is 1. The predicted molar refractivity (Wildman–Crippen MR) is 426 cm³/mol. The van der Waals surface area contributed by atoms with Crippen LogP contribution in [0.3, 0.4) is 0 Å². The predicted octanol–water partition coefficient (Wildman–Crippen LogP) is -7.21. The quantitative estimate of drug-likeness (QED) is 0.0127. The number of ether oxygens (including phenoxy) is 1. The van der Waals surface area contributed by atoms with Crippen molar-refractivity contribution < 1.29 is 57.5 Å². The van der Waals surface area contributed by atoms with Gasteiger partial charge in [0.1, 0.15) is 54.1 Å². The fraction of sp³-hybridized carbons (Fsp3) is 0.530. The van der Waals surface area contributed by atoms with Crippen molar-refractivity contribution in [3.63, 3.8) is 0 Å². The highest BCUT2D eigenvalue weighted by Gasteiger charge is 2.36. The van der Waals surface area contributed by atoms with Crippen LogP contribution in [0.15, 0.2) is 41.3 Å². The minimum Gasteiger partial charge on any atom is -0.493 e. The Morgan fingerprint density at radius 3 is 0.894 bits per heavy atom. The summed E-state index contributed by atoms with van der Waals surface area (Å²) in [6.45, 7) is 0.278. The van der Waals surface area contributed by atoms with E-state index < -0.39 is 142 Å². The minimum absolute atomic E-state index is 0.00388. The number of benzene rings is 2. The fourth-order valence-corrected chi connectivity index (χ4v) is 11.8. The van der Waals surface area contributed by atoms with Gasteiger partial charge < -0.3 is 141 Å². The van der Waals surface area contributed by atoms with E-state index in [1.807, 2.05) is 6.07 Å². The fourth-order valence-electron chi connectivity index (χ4n) is 11.1. The van der Waals surface area contributed by atoms with Gasteiger partial charge in [-0.1, -0.05) is 30.3 Å². The Bertz CT molecular complexity index is 3720. The zero-order valence-electron chi connectivity index (χ0n) is 62.8. The number of nitrogens with two attached hydrogens (primary N) is 9. The number of nitrogens with one attached hydrogen (secondary N) is 25. The van der Waals surface area contributed by atoms with Gasteiger partial charge in [0.15, 0.2) is 47.7 Å². The van der Waals surface area contributed by atoms with Crippen LogP contribution in [0.1, 0.15) is 121 Å². The molecule has 0 spiro atoms. The van der Waals surface area contributed by atoms with E-state index in [-0.39, 0.29) is 197 Å². The largest absolute Gasteiger partial charge is 0.493 e. The first kappa shape index (κ1) is 94.3. The zero-order chi connectivity index (χ0) is 84.0. The molecule has 8 atom stereocenters. The summed E-state index contributed by atoms with van der Waals surface area (Å²) in [4.78, 5) is 153. The third-order valence-electron chi connectivity index (χ3n) is 16.6. The van der Waals surface area contributed by atoms with E-state index in [0.29, 0.717) is 16.7 Å². The van der Waals surface area contributed by atoms with Crippen molar-refractivity contribution in [1.82, 2.24) is 90.4 Å². The summed E-state index contributed by atoms with van der Waals surface area (Å²) in [7, 11) is 0. The molecule has 0 aromatic heterocycles. The monoisotopic (exact) mass is 1600 g/mol. The number of guanidine groups is 8. The number of amides is 11. The molecular weight excluding hydrogens is 1490 g/mol. The minimum atomic E-state index is -1.59. The summed E-state index contributed by atoms with van der Waals surface area (Å²) in [5.41, 5.74) is 50.5. The van der Waals surface area contributed by atoms with E-state index in [2.05, 4.69) is 90.4 Å². The molecule has 11 amide bonds. The summed E-state index contributed by atoms with van der Waals surface area (Å²) in [5.74, 6) is -11.4. The van der Waals surface area contributed by atoms with Crippen molar-refractivity contribution >= 4 is 141 Å². The number of hydrogen-bond acceptors (Lipinski definition) is 21. The Kier molecular flexibility index (Phi) is 43.0. The third kappa shape index (κ3) is 39.4. The van der Waals surface area contributed by atoms with Crippen LogP contribution in [-0.4, -0.2) is 219 Å². The highest BCUT2D eigenvalue weighted by Crippen LogP contribution is 2.33. The van der Waals surface area contributed by atoms with E-state index in [4.69, 9.17) is 99.6 Å². The Balaban J connectivity index is 2.03. The molecule has 1 aliphatic heterocycles. The lowest BCUT2D eigenvalue weighted by molar-refractivity contribution is -0.136. The van der Waals surface area contributed by atoms with E-state index in [1.54, 1.807) is 36.4 Å². The van der Waals surface area contributed by atoms with E-state index in [1.165, 1.54) is 0 Å². The van der Waals surface area contributed by atoms with Gasteiger partial charge in [0.05, 0.1) is 11.5 Å². The van der Waals surface area contributed by atoms with Gasteiger partial charge in [-0.15, -0.1) is 0 Å². The molecule has 113 heavy (non-hydrogen) atoms. The second-order valence-electron chi connectivity index (χ2n) is 25.8. The normalized spacial score (nSPS) is 13.9. The average Bonchev–Trinajstić information content (AvgIpc) is 1.75. The summed E-state index contributed by atoms with van der Waals surface area (Å²) in [6, 6.07) is -1.13. The number of primary amides is 1. The molecule has 43 N–H and O–H groups in total. The maximum atomic E-state index is 14.9. The van der Waals surface area contributed by atoms with Crippen molar-refractivity contribution in [1.29, 1.82) is 43.3 Å². The molecule has 0 unspecified atom stereocenters. The molecule has 0 bridgehead atoms. The summed E-state index contributed by atoms with van der Waals surface area (Å²) >= 11 is 0.777. The molecule has 0 aliphatic carbocycles. The summed E-state index contributed by atoms with van der Waals surface area (Å²) < 4.78 is 6.13. The molecule has 624 valence electrons.